The Morgan fingerprint density at radius 1 is 1.50 bits per heavy atom. The van der Waals surface area contributed by atoms with E-state index in [2.05, 4.69) is 21.8 Å². The number of nitrogens with two attached hydrogens (primary N) is 1. The Hall–Kier alpha value is -1.20. The monoisotopic (exact) mass is 224 g/mol. The molecule has 0 saturated heterocycles. The number of nitrogen functional groups attached to an aromatic ring is 1. The molecule has 90 valence electrons. The Morgan fingerprint density at radius 3 is 2.75 bits per heavy atom. The fourth-order valence-corrected chi connectivity index (χ4v) is 1.47. The van der Waals surface area contributed by atoms with Crippen molar-refractivity contribution >= 4 is 5.82 Å². The molecule has 0 aromatic carbocycles. The molecule has 0 amide bonds. The van der Waals surface area contributed by atoms with Gasteiger partial charge in [0, 0.05) is 24.9 Å². The number of hydrogen-bond acceptors (Lipinski definition) is 5. The molecule has 2 N–H and O–H groups in total. The van der Waals surface area contributed by atoms with Crippen LogP contribution in [-0.2, 0) is 11.3 Å². The van der Waals surface area contributed by atoms with E-state index in [0.29, 0.717) is 25.0 Å². The maximum atomic E-state index is 5.68. The quantitative estimate of drug-likeness (QED) is 0.802. The average Bonchev–Trinajstić information content (AvgIpc) is 2.16. The highest BCUT2D eigenvalue weighted by Gasteiger charge is 2.11. The minimum atomic E-state index is 0.329. The highest BCUT2D eigenvalue weighted by Crippen LogP contribution is 2.06. The van der Waals surface area contributed by atoms with E-state index in [0.717, 1.165) is 11.5 Å². The van der Waals surface area contributed by atoms with Gasteiger partial charge >= 0.3 is 0 Å². The third-order valence-corrected chi connectivity index (χ3v) is 2.47. The van der Waals surface area contributed by atoms with Crippen LogP contribution in [0.25, 0.3) is 0 Å². The van der Waals surface area contributed by atoms with Crippen LogP contribution in [0.4, 0.5) is 5.82 Å². The zero-order valence-corrected chi connectivity index (χ0v) is 10.4. The molecule has 1 rings (SSSR count). The SMILES string of the molecule is COCC(C)N(C)Cc1nc(C)cc(N)n1. The molecule has 1 heterocycles. The zero-order chi connectivity index (χ0) is 12.1. The van der Waals surface area contributed by atoms with Gasteiger partial charge in [-0.2, -0.15) is 0 Å². The molecule has 1 atom stereocenters. The lowest BCUT2D eigenvalue weighted by atomic mass is 10.3. The second-order valence-electron chi connectivity index (χ2n) is 4.07. The maximum absolute atomic E-state index is 5.68. The summed E-state index contributed by atoms with van der Waals surface area (Å²) in [5.74, 6) is 1.28. The lowest BCUT2D eigenvalue weighted by molar-refractivity contribution is 0.110. The molecule has 0 aliphatic carbocycles. The van der Waals surface area contributed by atoms with E-state index < -0.39 is 0 Å². The van der Waals surface area contributed by atoms with Gasteiger partial charge in [0.15, 0.2) is 0 Å². The van der Waals surface area contributed by atoms with Crippen molar-refractivity contribution in [3.63, 3.8) is 0 Å². The van der Waals surface area contributed by atoms with Crippen molar-refractivity contribution in [2.24, 2.45) is 0 Å². The second kappa shape index (κ2) is 5.77. The van der Waals surface area contributed by atoms with Gasteiger partial charge < -0.3 is 10.5 Å². The molecular weight excluding hydrogens is 204 g/mol. The van der Waals surface area contributed by atoms with Crippen molar-refractivity contribution in [1.82, 2.24) is 14.9 Å². The molecule has 16 heavy (non-hydrogen) atoms. The fraction of sp³-hybridized carbons (Fsp3) is 0.636. The second-order valence-corrected chi connectivity index (χ2v) is 4.07. The van der Waals surface area contributed by atoms with E-state index in [1.807, 2.05) is 14.0 Å². The minimum absolute atomic E-state index is 0.329. The van der Waals surface area contributed by atoms with E-state index in [4.69, 9.17) is 10.5 Å². The van der Waals surface area contributed by atoms with Crippen LogP contribution in [-0.4, -0.2) is 41.7 Å². The smallest absolute Gasteiger partial charge is 0.144 e. The molecule has 1 unspecified atom stereocenters. The molecule has 5 nitrogen and oxygen atoms in total. The fourth-order valence-electron chi connectivity index (χ4n) is 1.47. The Balaban J connectivity index is 2.65. The number of aryl methyl sites for hydroxylation is 1. The van der Waals surface area contributed by atoms with Gasteiger partial charge in [0.2, 0.25) is 0 Å². The third kappa shape index (κ3) is 3.75. The number of likely N-dealkylation sites (N-methyl/N-ethyl adjacent to an activating group) is 1. The van der Waals surface area contributed by atoms with Crippen LogP contribution in [0.2, 0.25) is 0 Å². The summed E-state index contributed by atoms with van der Waals surface area (Å²) in [5, 5.41) is 0. The number of aromatic nitrogens is 2. The van der Waals surface area contributed by atoms with Crippen molar-refractivity contribution in [2.75, 3.05) is 26.5 Å². The van der Waals surface area contributed by atoms with Crippen molar-refractivity contribution in [3.8, 4) is 0 Å². The van der Waals surface area contributed by atoms with E-state index in [1.54, 1.807) is 13.2 Å². The predicted octanol–water partition coefficient (Wildman–Crippen LogP) is 0.834. The minimum Gasteiger partial charge on any atom is -0.384 e. The normalized spacial score (nSPS) is 13.1. The summed E-state index contributed by atoms with van der Waals surface area (Å²) in [4.78, 5) is 10.7. The lowest BCUT2D eigenvalue weighted by Gasteiger charge is -2.23. The standard InChI is InChI=1S/C11H20N4O/c1-8-5-10(12)14-11(13-8)6-15(3)9(2)7-16-4/h5,9H,6-7H2,1-4H3,(H2,12,13,14). The average molecular weight is 224 g/mol. The summed E-state index contributed by atoms with van der Waals surface area (Å²) in [6, 6.07) is 2.09. The molecule has 5 heteroatoms. The van der Waals surface area contributed by atoms with Gasteiger partial charge in [0.25, 0.3) is 0 Å². The number of methoxy groups -OCH3 is 1. The third-order valence-electron chi connectivity index (χ3n) is 2.47. The zero-order valence-electron chi connectivity index (χ0n) is 10.4. The number of nitrogens with zero attached hydrogens (tertiary/aromatic N) is 3. The summed E-state index contributed by atoms with van der Waals surface area (Å²) in [7, 11) is 3.72. The molecule has 0 saturated carbocycles. The summed E-state index contributed by atoms with van der Waals surface area (Å²) < 4.78 is 5.10. The van der Waals surface area contributed by atoms with Crippen LogP contribution in [0.5, 0.6) is 0 Å². The Kier molecular flexibility index (Phi) is 4.64. The Morgan fingerprint density at radius 2 is 2.19 bits per heavy atom. The first kappa shape index (κ1) is 12.9. The molecule has 0 aliphatic rings. The van der Waals surface area contributed by atoms with Gasteiger partial charge in [-0.15, -0.1) is 0 Å². The number of anilines is 1. The van der Waals surface area contributed by atoms with Gasteiger partial charge in [0.1, 0.15) is 11.6 Å². The van der Waals surface area contributed by atoms with Crippen LogP contribution in [0, 0.1) is 6.92 Å². The first-order valence-corrected chi connectivity index (χ1v) is 5.32. The molecule has 0 spiro atoms. The Bertz CT molecular complexity index is 323. The molecular formula is C11H20N4O. The van der Waals surface area contributed by atoms with E-state index in [1.165, 1.54) is 0 Å². The highest BCUT2D eigenvalue weighted by molar-refractivity contribution is 5.29. The highest BCUT2D eigenvalue weighted by atomic mass is 16.5. The van der Waals surface area contributed by atoms with Gasteiger partial charge in [0.05, 0.1) is 13.2 Å². The van der Waals surface area contributed by atoms with Crippen LogP contribution in [0.1, 0.15) is 18.4 Å². The molecule has 1 aromatic rings. The predicted molar refractivity (Wildman–Crippen MR) is 64.0 cm³/mol. The summed E-state index contributed by atoms with van der Waals surface area (Å²) in [5.41, 5.74) is 6.57. The summed E-state index contributed by atoms with van der Waals surface area (Å²) in [6.45, 7) is 5.39. The van der Waals surface area contributed by atoms with Crippen LogP contribution in [0.15, 0.2) is 6.07 Å². The summed E-state index contributed by atoms with van der Waals surface area (Å²) in [6.07, 6.45) is 0. The molecule has 0 bridgehead atoms. The molecule has 0 aliphatic heterocycles. The number of hydrogen-bond donors (Lipinski definition) is 1. The van der Waals surface area contributed by atoms with Crippen molar-refractivity contribution in [1.29, 1.82) is 0 Å². The van der Waals surface area contributed by atoms with Crippen LogP contribution in [0.3, 0.4) is 0 Å². The topological polar surface area (TPSA) is 64.3 Å². The van der Waals surface area contributed by atoms with Gasteiger partial charge in [-0.25, -0.2) is 9.97 Å². The van der Waals surface area contributed by atoms with Crippen molar-refractivity contribution in [2.45, 2.75) is 26.4 Å². The lowest BCUT2D eigenvalue weighted by Crippen LogP contribution is -2.32. The first-order chi connectivity index (χ1) is 7.52. The maximum Gasteiger partial charge on any atom is 0.144 e. The number of ether oxygens (including phenoxy) is 1. The largest absolute Gasteiger partial charge is 0.384 e. The van der Waals surface area contributed by atoms with Gasteiger partial charge in [-0.1, -0.05) is 0 Å². The van der Waals surface area contributed by atoms with Crippen LogP contribution < -0.4 is 5.73 Å². The van der Waals surface area contributed by atoms with Gasteiger partial charge in [-0.05, 0) is 20.9 Å². The van der Waals surface area contributed by atoms with Crippen LogP contribution >= 0.6 is 0 Å². The number of rotatable bonds is 5. The van der Waals surface area contributed by atoms with Crippen molar-refractivity contribution in [3.05, 3.63) is 17.6 Å². The molecule has 1 aromatic heterocycles. The summed E-state index contributed by atoms with van der Waals surface area (Å²) >= 11 is 0. The molecule has 0 radical (unpaired) electrons. The first-order valence-electron chi connectivity index (χ1n) is 5.32. The van der Waals surface area contributed by atoms with Gasteiger partial charge in [-0.3, -0.25) is 4.90 Å². The van der Waals surface area contributed by atoms with E-state index >= 15 is 0 Å². The van der Waals surface area contributed by atoms with Crippen molar-refractivity contribution < 1.29 is 4.74 Å². The Labute approximate surface area is 96.6 Å². The molecule has 0 fully saturated rings. The van der Waals surface area contributed by atoms with E-state index in [9.17, 15) is 0 Å². The van der Waals surface area contributed by atoms with E-state index in [-0.39, 0.29) is 0 Å².